The number of pyridine rings is 1. The standard InChI is InChI=1S/C17H15NO4/c1-18-9-8-14(12-16(18)19)17(20)22-10-4-6-13-5-3-7-15(11-13)21-2/h3,5,7-9,11-12H,10H2,1-2H3. The molecule has 0 saturated heterocycles. The Morgan fingerprint density at radius 2 is 2.09 bits per heavy atom. The van der Waals surface area contributed by atoms with Crippen LogP contribution in [0.15, 0.2) is 47.4 Å². The van der Waals surface area contributed by atoms with Crippen molar-refractivity contribution in [3.05, 3.63) is 64.1 Å². The highest BCUT2D eigenvalue weighted by Gasteiger charge is 2.07. The molecule has 0 fully saturated rings. The van der Waals surface area contributed by atoms with Crippen LogP contribution in [0.25, 0.3) is 0 Å². The molecule has 0 atom stereocenters. The first-order valence-corrected chi connectivity index (χ1v) is 6.57. The molecule has 2 rings (SSSR count). The minimum atomic E-state index is -0.572. The molecule has 2 aromatic rings. The summed E-state index contributed by atoms with van der Waals surface area (Å²) in [6.45, 7) is -0.0503. The van der Waals surface area contributed by atoms with Crippen LogP contribution in [0.2, 0.25) is 0 Å². The second-order valence-electron chi connectivity index (χ2n) is 4.47. The van der Waals surface area contributed by atoms with Gasteiger partial charge >= 0.3 is 5.97 Å². The van der Waals surface area contributed by atoms with Gasteiger partial charge in [0.05, 0.1) is 12.7 Å². The van der Waals surface area contributed by atoms with Crippen molar-refractivity contribution in [2.75, 3.05) is 13.7 Å². The van der Waals surface area contributed by atoms with Crippen LogP contribution >= 0.6 is 0 Å². The zero-order chi connectivity index (χ0) is 15.9. The maximum Gasteiger partial charge on any atom is 0.339 e. The van der Waals surface area contributed by atoms with Crippen LogP contribution in [-0.4, -0.2) is 24.3 Å². The van der Waals surface area contributed by atoms with E-state index >= 15 is 0 Å². The average molecular weight is 297 g/mol. The number of nitrogens with zero attached hydrogens (tertiary/aromatic N) is 1. The topological polar surface area (TPSA) is 57.5 Å². The Bertz CT molecular complexity index is 796. The monoisotopic (exact) mass is 297 g/mol. The van der Waals surface area contributed by atoms with Crippen LogP contribution in [0.5, 0.6) is 5.75 Å². The Kier molecular flexibility index (Phi) is 4.99. The largest absolute Gasteiger partial charge is 0.497 e. The number of carbonyl (C=O) groups excluding carboxylic acids is 1. The number of methoxy groups -OCH3 is 1. The van der Waals surface area contributed by atoms with Crippen molar-refractivity contribution in [3.8, 4) is 17.6 Å². The molecule has 1 aromatic heterocycles. The summed E-state index contributed by atoms with van der Waals surface area (Å²) in [6, 6.07) is 10.0. The van der Waals surface area contributed by atoms with Crippen molar-refractivity contribution in [1.29, 1.82) is 0 Å². The number of aryl methyl sites for hydroxylation is 1. The van der Waals surface area contributed by atoms with Gasteiger partial charge in [-0.3, -0.25) is 4.79 Å². The molecule has 5 nitrogen and oxygen atoms in total. The Morgan fingerprint density at radius 1 is 1.27 bits per heavy atom. The molecule has 22 heavy (non-hydrogen) atoms. The average Bonchev–Trinajstić information content (AvgIpc) is 2.54. The molecule has 0 saturated carbocycles. The number of hydrogen-bond acceptors (Lipinski definition) is 4. The fourth-order valence-electron chi connectivity index (χ4n) is 1.70. The minimum absolute atomic E-state index is 0.0503. The van der Waals surface area contributed by atoms with Crippen molar-refractivity contribution in [2.45, 2.75) is 0 Å². The Morgan fingerprint density at radius 3 is 2.82 bits per heavy atom. The fraction of sp³-hybridized carbons (Fsp3) is 0.176. The first-order chi connectivity index (χ1) is 10.6. The summed E-state index contributed by atoms with van der Waals surface area (Å²) >= 11 is 0. The lowest BCUT2D eigenvalue weighted by atomic mass is 10.2. The van der Waals surface area contributed by atoms with Crippen molar-refractivity contribution < 1.29 is 14.3 Å². The van der Waals surface area contributed by atoms with Gasteiger partial charge in [0.2, 0.25) is 0 Å². The quantitative estimate of drug-likeness (QED) is 0.638. The summed E-state index contributed by atoms with van der Waals surface area (Å²) in [7, 11) is 3.19. The first kappa shape index (κ1) is 15.4. The predicted octanol–water partition coefficient (Wildman–Crippen LogP) is 1.60. The van der Waals surface area contributed by atoms with Crippen LogP contribution in [0, 0.1) is 11.8 Å². The van der Waals surface area contributed by atoms with Gasteiger partial charge < -0.3 is 14.0 Å². The van der Waals surface area contributed by atoms with Gasteiger partial charge in [0.15, 0.2) is 6.61 Å². The normalized spacial score (nSPS) is 9.55. The van der Waals surface area contributed by atoms with E-state index in [1.165, 1.54) is 22.9 Å². The maximum atomic E-state index is 11.8. The van der Waals surface area contributed by atoms with Crippen molar-refractivity contribution in [3.63, 3.8) is 0 Å². The van der Waals surface area contributed by atoms with E-state index < -0.39 is 5.97 Å². The molecule has 0 unspecified atom stereocenters. The highest BCUT2D eigenvalue weighted by Crippen LogP contribution is 2.11. The number of esters is 1. The molecule has 1 heterocycles. The number of aromatic nitrogens is 1. The Balaban J connectivity index is 1.96. The van der Waals surface area contributed by atoms with Crippen molar-refractivity contribution in [1.82, 2.24) is 4.57 Å². The highest BCUT2D eigenvalue weighted by atomic mass is 16.5. The van der Waals surface area contributed by atoms with E-state index in [0.29, 0.717) is 5.75 Å². The predicted molar refractivity (Wildman–Crippen MR) is 81.8 cm³/mol. The van der Waals surface area contributed by atoms with Gasteiger partial charge in [0, 0.05) is 24.9 Å². The van der Waals surface area contributed by atoms with Crippen LogP contribution in [0.3, 0.4) is 0 Å². The third-order valence-electron chi connectivity index (χ3n) is 2.92. The zero-order valence-electron chi connectivity index (χ0n) is 12.3. The summed E-state index contributed by atoms with van der Waals surface area (Å²) in [5.74, 6) is 5.76. The molecule has 5 heteroatoms. The lowest BCUT2D eigenvalue weighted by molar-refractivity contribution is 0.0556. The lowest BCUT2D eigenvalue weighted by Crippen LogP contribution is -2.17. The fourth-order valence-corrected chi connectivity index (χ4v) is 1.70. The van der Waals surface area contributed by atoms with Gasteiger partial charge in [0.1, 0.15) is 5.75 Å². The van der Waals surface area contributed by atoms with E-state index in [2.05, 4.69) is 11.8 Å². The molecule has 112 valence electrons. The number of rotatable bonds is 3. The van der Waals surface area contributed by atoms with Crippen LogP contribution < -0.4 is 10.3 Å². The van der Waals surface area contributed by atoms with Gasteiger partial charge in [0.25, 0.3) is 5.56 Å². The summed E-state index contributed by atoms with van der Waals surface area (Å²) < 4.78 is 11.5. The van der Waals surface area contributed by atoms with Gasteiger partial charge in [-0.1, -0.05) is 17.9 Å². The summed E-state index contributed by atoms with van der Waals surface area (Å²) in [4.78, 5) is 23.2. The molecular formula is C17H15NO4. The van der Waals surface area contributed by atoms with Gasteiger partial charge in [-0.25, -0.2) is 4.79 Å². The summed E-state index contributed by atoms with van der Waals surface area (Å²) in [5, 5.41) is 0. The highest BCUT2D eigenvalue weighted by molar-refractivity contribution is 5.89. The van der Waals surface area contributed by atoms with E-state index in [1.807, 2.05) is 18.2 Å². The van der Waals surface area contributed by atoms with Gasteiger partial charge in [-0.05, 0) is 24.3 Å². The molecule has 1 aromatic carbocycles. The maximum absolute atomic E-state index is 11.8. The van der Waals surface area contributed by atoms with E-state index in [-0.39, 0.29) is 17.7 Å². The molecule has 0 spiro atoms. The van der Waals surface area contributed by atoms with E-state index in [0.717, 1.165) is 5.56 Å². The van der Waals surface area contributed by atoms with Gasteiger partial charge in [-0.2, -0.15) is 0 Å². The molecule has 0 aliphatic heterocycles. The number of hydrogen-bond donors (Lipinski definition) is 0. The SMILES string of the molecule is COc1cccc(C#CCOC(=O)c2ccn(C)c(=O)c2)c1. The molecule has 0 aliphatic carbocycles. The van der Waals surface area contributed by atoms with Crippen LogP contribution in [-0.2, 0) is 11.8 Å². The third-order valence-corrected chi connectivity index (χ3v) is 2.92. The molecule has 0 amide bonds. The zero-order valence-corrected chi connectivity index (χ0v) is 12.3. The Hall–Kier alpha value is -3.00. The smallest absolute Gasteiger partial charge is 0.339 e. The molecular weight excluding hydrogens is 282 g/mol. The van der Waals surface area contributed by atoms with Crippen molar-refractivity contribution >= 4 is 5.97 Å². The Labute approximate surface area is 128 Å². The molecule has 0 N–H and O–H groups in total. The van der Waals surface area contributed by atoms with Crippen molar-refractivity contribution in [2.24, 2.45) is 7.05 Å². The molecule has 0 bridgehead atoms. The molecule has 0 aliphatic rings. The van der Waals surface area contributed by atoms with Crippen LogP contribution in [0.4, 0.5) is 0 Å². The first-order valence-electron chi connectivity index (χ1n) is 6.57. The van der Waals surface area contributed by atoms with E-state index in [1.54, 1.807) is 20.2 Å². The lowest BCUT2D eigenvalue weighted by Gasteiger charge is -2.01. The van der Waals surface area contributed by atoms with Gasteiger partial charge in [-0.15, -0.1) is 0 Å². The van der Waals surface area contributed by atoms with E-state index in [4.69, 9.17) is 9.47 Å². The van der Waals surface area contributed by atoms with Crippen LogP contribution in [0.1, 0.15) is 15.9 Å². The minimum Gasteiger partial charge on any atom is -0.497 e. The molecule has 0 radical (unpaired) electrons. The number of carbonyl (C=O) groups is 1. The number of ether oxygens (including phenoxy) is 2. The van der Waals surface area contributed by atoms with E-state index in [9.17, 15) is 9.59 Å². The second-order valence-corrected chi connectivity index (χ2v) is 4.47. The second kappa shape index (κ2) is 7.14. The number of benzene rings is 1. The summed E-state index contributed by atoms with van der Waals surface area (Å²) in [5.41, 5.74) is 0.715. The summed E-state index contributed by atoms with van der Waals surface area (Å²) in [6.07, 6.45) is 1.51. The third kappa shape index (κ3) is 4.00.